The molecule has 0 atom stereocenters. The van der Waals surface area contributed by atoms with Gasteiger partial charge < -0.3 is 4.90 Å². The molecule has 1 saturated heterocycles. The predicted molar refractivity (Wildman–Crippen MR) is 69.0 cm³/mol. The van der Waals surface area contributed by atoms with E-state index in [-0.39, 0.29) is 0 Å². The van der Waals surface area contributed by atoms with Crippen molar-refractivity contribution in [3.63, 3.8) is 0 Å². The highest BCUT2D eigenvalue weighted by Crippen LogP contribution is 2.28. The maximum atomic E-state index is 4.47. The SMILES string of the molecule is Cc1cc2c(N3CC(n4nccn4)C3)nccn2n1. The van der Waals surface area contributed by atoms with Crippen LogP contribution in [0.25, 0.3) is 5.52 Å². The molecule has 0 bridgehead atoms. The molecule has 0 radical (unpaired) electrons. The van der Waals surface area contributed by atoms with Crippen molar-refractivity contribution in [1.29, 1.82) is 0 Å². The Labute approximate surface area is 109 Å². The highest BCUT2D eigenvalue weighted by molar-refractivity contribution is 5.70. The number of fused-ring (bicyclic) bond motifs is 1. The van der Waals surface area contributed by atoms with Crippen molar-refractivity contribution in [1.82, 2.24) is 29.6 Å². The van der Waals surface area contributed by atoms with Gasteiger partial charge in [0.2, 0.25) is 0 Å². The molecular weight excluding hydrogens is 242 g/mol. The predicted octanol–water partition coefficient (Wildman–Crippen LogP) is 0.691. The smallest absolute Gasteiger partial charge is 0.154 e. The highest BCUT2D eigenvalue weighted by Gasteiger charge is 2.31. The summed E-state index contributed by atoms with van der Waals surface area (Å²) in [6.07, 6.45) is 7.08. The zero-order valence-electron chi connectivity index (χ0n) is 10.5. The number of hydrogen-bond acceptors (Lipinski definition) is 5. The fourth-order valence-corrected chi connectivity index (χ4v) is 2.46. The quantitative estimate of drug-likeness (QED) is 0.674. The van der Waals surface area contributed by atoms with E-state index in [2.05, 4.69) is 31.2 Å². The summed E-state index contributed by atoms with van der Waals surface area (Å²) in [6, 6.07) is 2.39. The van der Waals surface area contributed by atoms with Crippen molar-refractivity contribution < 1.29 is 0 Å². The second-order valence-electron chi connectivity index (χ2n) is 4.77. The minimum atomic E-state index is 0.334. The van der Waals surface area contributed by atoms with Gasteiger partial charge in [0.25, 0.3) is 0 Å². The molecule has 0 amide bonds. The van der Waals surface area contributed by atoms with Crippen LogP contribution >= 0.6 is 0 Å². The lowest BCUT2D eigenvalue weighted by atomic mass is 10.1. The van der Waals surface area contributed by atoms with Gasteiger partial charge in [-0.2, -0.15) is 20.1 Å². The lowest BCUT2D eigenvalue weighted by Crippen LogP contribution is -2.49. The van der Waals surface area contributed by atoms with Crippen LogP contribution in [-0.4, -0.2) is 42.7 Å². The number of aryl methyl sites for hydroxylation is 1. The van der Waals surface area contributed by atoms with Gasteiger partial charge in [-0.25, -0.2) is 9.50 Å². The van der Waals surface area contributed by atoms with Crippen molar-refractivity contribution in [2.75, 3.05) is 18.0 Å². The maximum absolute atomic E-state index is 4.47. The third-order valence-corrected chi connectivity index (χ3v) is 3.42. The van der Waals surface area contributed by atoms with Crippen LogP contribution in [0.15, 0.2) is 30.9 Å². The Balaban J connectivity index is 1.63. The third-order valence-electron chi connectivity index (χ3n) is 3.42. The number of hydrogen-bond donors (Lipinski definition) is 0. The summed E-state index contributed by atoms with van der Waals surface area (Å²) in [5.41, 5.74) is 2.05. The van der Waals surface area contributed by atoms with E-state index < -0.39 is 0 Å². The number of rotatable bonds is 2. The third kappa shape index (κ3) is 1.58. The van der Waals surface area contributed by atoms with Gasteiger partial charge in [0.05, 0.1) is 18.1 Å². The van der Waals surface area contributed by atoms with Crippen LogP contribution < -0.4 is 4.90 Å². The molecule has 0 aliphatic carbocycles. The molecule has 3 aromatic rings. The molecule has 0 N–H and O–H groups in total. The minimum absolute atomic E-state index is 0.334. The summed E-state index contributed by atoms with van der Waals surface area (Å²) >= 11 is 0. The average Bonchev–Trinajstić information content (AvgIpc) is 2.95. The number of nitrogens with zero attached hydrogens (tertiary/aromatic N) is 7. The molecule has 1 aliphatic rings. The van der Waals surface area contributed by atoms with Crippen molar-refractivity contribution in [3.8, 4) is 0 Å². The Morgan fingerprint density at radius 3 is 2.74 bits per heavy atom. The Hall–Kier alpha value is -2.44. The average molecular weight is 255 g/mol. The van der Waals surface area contributed by atoms with Crippen LogP contribution in [0.3, 0.4) is 0 Å². The summed E-state index contributed by atoms with van der Waals surface area (Å²) < 4.78 is 1.87. The lowest BCUT2D eigenvalue weighted by Gasteiger charge is -2.39. The van der Waals surface area contributed by atoms with E-state index in [0.717, 1.165) is 30.1 Å². The molecule has 4 heterocycles. The van der Waals surface area contributed by atoms with Crippen molar-refractivity contribution in [3.05, 3.63) is 36.5 Å². The fourth-order valence-electron chi connectivity index (χ4n) is 2.46. The van der Waals surface area contributed by atoms with Crippen LogP contribution in [0.5, 0.6) is 0 Å². The van der Waals surface area contributed by atoms with E-state index in [4.69, 9.17) is 0 Å². The van der Waals surface area contributed by atoms with Crippen molar-refractivity contribution in [2.45, 2.75) is 13.0 Å². The molecule has 4 rings (SSSR count). The van der Waals surface area contributed by atoms with Gasteiger partial charge >= 0.3 is 0 Å². The first-order chi connectivity index (χ1) is 9.31. The second kappa shape index (κ2) is 3.78. The summed E-state index contributed by atoms with van der Waals surface area (Å²) in [5, 5.41) is 12.8. The van der Waals surface area contributed by atoms with Crippen molar-refractivity contribution in [2.24, 2.45) is 0 Å². The van der Waals surface area contributed by atoms with Crippen molar-refractivity contribution >= 4 is 11.3 Å². The van der Waals surface area contributed by atoms with Crippen LogP contribution in [0.1, 0.15) is 11.7 Å². The topological polar surface area (TPSA) is 64.1 Å². The molecule has 0 aromatic carbocycles. The van der Waals surface area contributed by atoms with E-state index in [1.165, 1.54) is 0 Å². The summed E-state index contributed by atoms with van der Waals surface area (Å²) in [4.78, 5) is 8.46. The van der Waals surface area contributed by atoms with Gasteiger partial charge in [0.1, 0.15) is 11.6 Å². The van der Waals surface area contributed by atoms with Gasteiger partial charge in [0, 0.05) is 25.5 Å². The number of anilines is 1. The lowest BCUT2D eigenvalue weighted by molar-refractivity contribution is 0.331. The monoisotopic (exact) mass is 255 g/mol. The normalized spacial score (nSPS) is 15.9. The van der Waals surface area contributed by atoms with Gasteiger partial charge in [-0.1, -0.05) is 0 Å². The molecule has 3 aromatic heterocycles. The fraction of sp³-hybridized carbons (Fsp3) is 0.333. The molecule has 1 aliphatic heterocycles. The van der Waals surface area contributed by atoms with E-state index >= 15 is 0 Å². The molecule has 0 unspecified atom stereocenters. The first-order valence-corrected chi connectivity index (χ1v) is 6.23. The Bertz CT molecular complexity index is 709. The minimum Gasteiger partial charge on any atom is -0.350 e. The van der Waals surface area contributed by atoms with E-state index in [1.807, 2.05) is 17.6 Å². The van der Waals surface area contributed by atoms with Gasteiger partial charge in [-0.15, -0.1) is 0 Å². The molecular formula is C12H13N7. The Morgan fingerprint density at radius 1 is 1.16 bits per heavy atom. The summed E-state index contributed by atoms with van der Waals surface area (Å²) in [7, 11) is 0. The highest BCUT2D eigenvalue weighted by atomic mass is 15.5. The first kappa shape index (κ1) is 10.5. The number of aromatic nitrogens is 6. The van der Waals surface area contributed by atoms with Crippen LogP contribution in [0, 0.1) is 6.92 Å². The molecule has 0 spiro atoms. The maximum Gasteiger partial charge on any atom is 0.154 e. The molecule has 7 heteroatoms. The molecule has 1 fully saturated rings. The van der Waals surface area contributed by atoms with Crippen LogP contribution in [-0.2, 0) is 0 Å². The molecule has 19 heavy (non-hydrogen) atoms. The van der Waals surface area contributed by atoms with Crippen LogP contribution in [0.2, 0.25) is 0 Å². The summed E-state index contributed by atoms with van der Waals surface area (Å²) in [5.74, 6) is 0.978. The standard InChI is InChI=1S/C12H13N7/c1-9-6-11-12(13-4-5-18(11)16-9)17-7-10(8-17)19-14-2-3-15-19/h2-6,10H,7-8H2,1H3. The van der Waals surface area contributed by atoms with Gasteiger partial charge in [0.15, 0.2) is 5.82 Å². The zero-order valence-corrected chi connectivity index (χ0v) is 10.5. The largest absolute Gasteiger partial charge is 0.350 e. The van der Waals surface area contributed by atoms with Crippen LogP contribution in [0.4, 0.5) is 5.82 Å². The van der Waals surface area contributed by atoms with Gasteiger partial charge in [-0.3, -0.25) is 0 Å². The molecule has 96 valence electrons. The first-order valence-electron chi connectivity index (χ1n) is 6.23. The molecule has 7 nitrogen and oxygen atoms in total. The Morgan fingerprint density at radius 2 is 1.95 bits per heavy atom. The van der Waals surface area contributed by atoms with E-state index in [0.29, 0.717) is 6.04 Å². The van der Waals surface area contributed by atoms with E-state index in [1.54, 1.807) is 23.4 Å². The molecule has 0 saturated carbocycles. The van der Waals surface area contributed by atoms with Gasteiger partial charge in [-0.05, 0) is 13.0 Å². The summed E-state index contributed by atoms with van der Waals surface area (Å²) in [6.45, 7) is 3.75. The van der Waals surface area contributed by atoms with E-state index in [9.17, 15) is 0 Å². The Kier molecular flexibility index (Phi) is 2.08. The second-order valence-corrected chi connectivity index (χ2v) is 4.77. The zero-order chi connectivity index (χ0) is 12.8.